The molecule has 0 bridgehead atoms. The highest BCUT2D eigenvalue weighted by Crippen LogP contribution is 2.46. The molecule has 1 aliphatic carbocycles. The number of carboxylic acids is 1. The summed E-state index contributed by atoms with van der Waals surface area (Å²) in [5.74, 6) is -1.14. The molecule has 2 N–H and O–H groups in total. The second kappa shape index (κ2) is 7.85. The number of alkyl halides is 3. The van der Waals surface area contributed by atoms with Crippen molar-refractivity contribution in [1.29, 1.82) is 0 Å². The normalized spacial score (nSPS) is 16.6. The van der Waals surface area contributed by atoms with Crippen molar-refractivity contribution in [2.45, 2.75) is 35.6 Å². The zero-order chi connectivity index (χ0) is 23.3. The number of aromatic amines is 1. The number of carboxylic acid groups (broad SMARTS) is 1. The van der Waals surface area contributed by atoms with Gasteiger partial charge in [0.1, 0.15) is 11.2 Å². The monoisotopic (exact) mass is 486 g/mol. The van der Waals surface area contributed by atoms with Crippen LogP contribution < -0.4 is 0 Å². The zero-order valence-electron chi connectivity index (χ0n) is 16.0. The molecule has 1 aromatic carbocycles. The zero-order valence-corrected chi connectivity index (χ0v) is 17.6. The van der Waals surface area contributed by atoms with Crippen LogP contribution in [-0.2, 0) is 22.4 Å². The average molecular weight is 487 g/mol. The van der Waals surface area contributed by atoms with E-state index in [0.717, 1.165) is 0 Å². The number of hydrogen-bond acceptors (Lipinski definition) is 6. The van der Waals surface area contributed by atoms with Gasteiger partial charge in [-0.3, -0.25) is 5.10 Å². The Bertz CT molecular complexity index is 1310. The van der Waals surface area contributed by atoms with Crippen LogP contribution >= 0.6 is 11.6 Å². The Morgan fingerprint density at radius 1 is 1.19 bits per heavy atom. The Morgan fingerprint density at radius 2 is 1.88 bits per heavy atom. The Hall–Kier alpha value is -2.99. The number of aromatic nitrogens is 4. The fourth-order valence-corrected chi connectivity index (χ4v) is 6.29. The number of nitrogens with one attached hydrogen (secondary N) is 1. The van der Waals surface area contributed by atoms with Gasteiger partial charge in [0.15, 0.2) is 20.7 Å². The molecule has 4 rings (SSSR count). The van der Waals surface area contributed by atoms with Crippen LogP contribution in [0, 0.1) is 0 Å². The summed E-state index contributed by atoms with van der Waals surface area (Å²) in [4.78, 5) is 16.5. The summed E-state index contributed by atoms with van der Waals surface area (Å²) in [6, 6.07) is 5.57. The Balaban J connectivity index is 1.88. The van der Waals surface area contributed by atoms with E-state index >= 15 is 0 Å². The van der Waals surface area contributed by atoms with Crippen molar-refractivity contribution in [3.63, 3.8) is 0 Å². The van der Waals surface area contributed by atoms with E-state index < -0.39 is 43.0 Å². The van der Waals surface area contributed by atoms with Crippen LogP contribution in [0.25, 0.3) is 11.3 Å². The molecular weight excluding hydrogens is 473 g/mol. The molecule has 32 heavy (non-hydrogen) atoms. The summed E-state index contributed by atoms with van der Waals surface area (Å²) in [5, 5.41) is 13.8. The number of benzene rings is 1. The van der Waals surface area contributed by atoms with E-state index in [1.807, 2.05) is 0 Å². The molecule has 0 spiro atoms. The average Bonchev–Trinajstić information content (AvgIpc) is 3.17. The van der Waals surface area contributed by atoms with E-state index in [-0.39, 0.29) is 23.2 Å². The van der Waals surface area contributed by atoms with Crippen molar-refractivity contribution in [1.82, 2.24) is 20.2 Å². The number of hydrogen-bond donors (Lipinski definition) is 2. The van der Waals surface area contributed by atoms with Gasteiger partial charge in [0, 0.05) is 16.8 Å². The summed E-state index contributed by atoms with van der Waals surface area (Å²) in [5.41, 5.74) is -0.269. The van der Waals surface area contributed by atoms with Gasteiger partial charge in [-0.05, 0) is 31.4 Å². The molecule has 0 amide bonds. The maximum Gasteiger partial charge on any atom is 0.434 e. The molecular formula is C19H14ClF3N4O4S. The van der Waals surface area contributed by atoms with Crippen LogP contribution in [0.2, 0.25) is 5.15 Å². The van der Waals surface area contributed by atoms with Gasteiger partial charge in [0.2, 0.25) is 0 Å². The first kappa shape index (κ1) is 22.2. The molecule has 0 saturated carbocycles. The minimum absolute atomic E-state index is 0.0189. The molecule has 0 saturated heterocycles. The van der Waals surface area contributed by atoms with Gasteiger partial charge in [-0.15, -0.1) is 0 Å². The van der Waals surface area contributed by atoms with Gasteiger partial charge in [-0.25, -0.2) is 23.2 Å². The smallest absolute Gasteiger partial charge is 0.434 e. The van der Waals surface area contributed by atoms with Gasteiger partial charge in [0.25, 0.3) is 0 Å². The Morgan fingerprint density at radius 3 is 2.50 bits per heavy atom. The first-order chi connectivity index (χ1) is 15.0. The quantitative estimate of drug-likeness (QED) is 0.532. The molecule has 8 nitrogen and oxygen atoms in total. The van der Waals surface area contributed by atoms with Gasteiger partial charge in [-0.2, -0.15) is 18.3 Å². The lowest BCUT2D eigenvalue weighted by atomic mass is 9.93. The van der Waals surface area contributed by atoms with E-state index in [0.29, 0.717) is 30.4 Å². The number of fused-ring (bicyclic) bond motifs is 1. The molecule has 2 aromatic heterocycles. The largest absolute Gasteiger partial charge is 0.478 e. The summed E-state index contributed by atoms with van der Waals surface area (Å²) in [6.07, 6.45) is -3.62. The maximum absolute atomic E-state index is 13.5. The summed E-state index contributed by atoms with van der Waals surface area (Å²) in [6.45, 7) is 0. The molecule has 1 atom stereocenters. The van der Waals surface area contributed by atoms with Crippen LogP contribution in [0.5, 0.6) is 0 Å². The fraction of sp³-hybridized carbons (Fsp3) is 0.263. The molecule has 2 heterocycles. The molecule has 0 fully saturated rings. The number of aromatic carboxylic acids is 1. The van der Waals surface area contributed by atoms with E-state index in [1.54, 1.807) is 0 Å². The van der Waals surface area contributed by atoms with Gasteiger partial charge >= 0.3 is 12.1 Å². The molecule has 168 valence electrons. The lowest BCUT2D eigenvalue weighted by Gasteiger charge is -2.24. The molecule has 0 radical (unpaired) electrons. The van der Waals surface area contributed by atoms with Gasteiger partial charge < -0.3 is 5.11 Å². The number of carbonyl (C=O) groups is 1. The predicted octanol–water partition coefficient (Wildman–Crippen LogP) is 4.09. The van der Waals surface area contributed by atoms with Crippen LogP contribution in [-0.4, -0.2) is 39.7 Å². The Labute approximate surface area is 184 Å². The first-order valence-corrected chi connectivity index (χ1v) is 11.2. The molecule has 1 unspecified atom stereocenters. The third kappa shape index (κ3) is 3.73. The predicted molar refractivity (Wildman–Crippen MR) is 106 cm³/mol. The van der Waals surface area contributed by atoms with Crippen molar-refractivity contribution < 1.29 is 31.5 Å². The highest BCUT2D eigenvalue weighted by Gasteiger charge is 2.45. The standard InChI is InChI=1S/C19H14ClF3N4O4S/c20-17-15(16(19(21,22)23)24-8-25-17)32(30,31)12-3-1-2-11-13(12)14(27-26-11)9-4-6-10(7-5-9)18(28)29/h4-8,12H,1-3H2,(H,26,27)(H,28,29). The number of nitrogens with zero attached hydrogens (tertiary/aromatic N) is 3. The number of halogens is 4. The number of sulfone groups is 1. The van der Waals surface area contributed by atoms with Crippen LogP contribution in [0.15, 0.2) is 35.5 Å². The molecule has 13 heteroatoms. The van der Waals surface area contributed by atoms with E-state index in [2.05, 4.69) is 20.2 Å². The highest BCUT2D eigenvalue weighted by atomic mass is 35.5. The lowest BCUT2D eigenvalue weighted by molar-refractivity contribution is -0.143. The van der Waals surface area contributed by atoms with Crippen LogP contribution in [0.1, 0.15) is 45.4 Å². The Kier molecular flexibility index (Phi) is 5.45. The summed E-state index contributed by atoms with van der Waals surface area (Å²) < 4.78 is 67.5. The molecule has 3 aromatic rings. The van der Waals surface area contributed by atoms with Crippen molar-refractivity contribution in [2.24, 2.45) is 0 Å². The number of rotatable bonds is 4. The second-order valence-electron chi connectivity index (χ2n) is 7.11. The summed E-state index contributed by atoms with van der Waals surface area (Å²) >= 11 is 5.83. The minimum Gasteiger partial charge on any atom is -0.478 e. The van der Waals surface area contributed by atoms with Gasteiger partial charge in [0.05, 0.1) is 16.5 Å². The van der Waals surface area contributed by atoms with Crippen molar-refractivity contribution >= 4 is 27.4 Å². The second-order valence-corrected chi connectivity index (χ2v) is 9.54. The first-order valence-electron chi connectivity index (χ1n) is 9.24. The van der Waals surface area contributed by atoms with Crippen molar-refractivity contribution in [3.8, 4) is 11.3 Å². The molecule has 1 aliphatic rings. The highest BCUT2D eigenvalue weighted by molar-refractivity contribution is 7.91. The maximum atomic E-state index is 13.5. The third-order valence-electron chi connectivity index (χ3n) is 5.19. The topological polar surface area (TPSA) is 126 Å². The van der Waals surface area contributed by atoms with Crippen LogP contribution in [0.4, 0.5) is 13.2 Å². The lowest BCUT2D eigenvalue weighted by Crippen LogP contribution is -2.24. The minimum atomic E-state index is -5.06. The fourth-order valence-electron chi connectivity index (χ4n) is 3.78. The number of aryl methyl sites for hydroxylation is 1. The van der Waals surface area contributed by atoms with Crippen molar-refractivity contribution in [2.75, 3.05) is 0 Å². The van der Waals surface area contributed by atoms with E-state index in [1.165, 1.54) is 24.3 Å². The van der Waals surface area contributed by atoms with Gasteiger partial charge in [-0.1, -0.05) is 23.7 Å². The number of H-pyrrole nitrogens is 1. The molecule has 0 aliphatic heterocycles. The summed E-state index contributed by atoms with van der Waals surface area (Å²) in [7, 11) is -4.67. The van der Waals surface area contributed by atoms with E-state index in [9.17, 15) is 26.4 Å². The van der Waals surface area contributed by atoms with E-state index in [4.69, 9.17) is 16.7 Å². The third-order valence-corrected chi connectivity index (χ3v) is 7.77. The van der Waals surface area contributed by atoms with Crippen LogP contribution in [0.3, 0.4) is 0 Å². The van der Waals surface area contributed by atoms with Crippen molar-refractivity contribution in [3.05, 3.63) is 58.3 Å². The SMILES string of the molecule is O=C(O)c1ccc(-c2n[nH]c3c2C(S(=O)(=O)c2c(Cl)ncnc2C(F)(F)F)CCC3)cc1.